The van der Waals surface area contributed by atoms with Crippen LogP contribution in [0.25, 0.3) is 0 Å². The molecule has 0 spiro atoms. The van der Waals surface area contributed by atoms with E-state index in [1.807, 2.05) is 0 Å². The summed E-state index contributed by atoms with van der Waals surface area (Å²) >= 11 is 0. The quantitative estimate of drug-likeness (QED) is 0.0197. The lowest BCUT2D eigenvalue weighted by Gasteiger charge is -2.21. The number of phosphoric ester groups is 1. The zero-order chi connectivity index (χ0) is 56.9. The first-order valence-electron chi connectivity index (χ1n) is 32.9. The molecule has 0 bridgehead atoms. The van der Waals surface area contributed by atoms with Crippen molar-refractivity contribution < 1.29 is 52.2 Å². The summed E-state index contributed by atoms with van der Waals surface area (Å²) in [6.45, 7) is 4.68. The van der Waals surface area contributed by atoms with E-state index < -0.39 is 57.8 Å². The van der Waals surface area contributed by atoms with E-state index in [-0.39, 0.29) is 25.9 Å². The number of rotatable bonds is 62. The molecule has 2 N–H and O–H groups in total. The molecular weight excluding hydrogens is 1000 g/mol. The Balaban J connectivity index is 4.66. The number of hydrogen-bond donors (Lipinski definition) is 2. The number of hydrogen-bond acceptors (Lipinski definition) is 10. The van der Waals surface area contributed by atoms with Crippen molar-refractivity contribution in [3.63, 3.8) is 0 Å². The van der Waals surface area contributed by atoms with E-state index >= 15 is 0 Å². The molecule has 11 nitrogen and oxygen atoms in total. The summed E-state index contributed by atoms with van der Waals surface area (Å²) < 4.78 is 39.7. The van der Waals surface area contributed by atoms with Crippen molar-refractivity contribution in [2.45, 2.75) is 341 Å². The molecule has 0 aliphatic rings. The second-order valence-electron chi connectivity index (χ2n) is 22.3. The van der Waals surface area contributed by atoms with E-state index in [9.17, 15) is 28.9 Å². The number of aliphatic hydroxyl groups is 1. The van der Waals surface area contributed by atoms with Gasteiger partial charge in [0.25, 0.3) is 0 Å². The molecule has 0 rings (SSSR count). The highest BCUT2D eigenvalue weighted by Gasteiger charge is 2.28. The maximum absolute atomic E-state index is 13.0. The summed E-state index contributed by atoms with van der Waals surface area (Å²) in [4.78, 5) is 48.8. The molecule has 0 aliphatic heterocycles. The smallest absolute Gasteiger partial charge is 0.462 e. The second kappa shape index (κ2) is 60.8. The molecule has 0 radical (unpaired) electrons. The lowest BCUT2D eigenvalue weighted by molar-refractivity contribution is -0.161. The molecule has 0 amide bonds. The van der Waals surface area contributed by atoms with Crippen LogP contribution in [0.5, 0.6) is 0 Å². The Morgan fingerprint density at radius 2 is 0.628 bits per heavy atom. The number of carbonyl (C=O) groups excluding carboxylic acids is 3. The van der Waals surface area contributed by atoms with Gasteiger partial charge in [-0.2, -0.15) is 0 Å². The number of esters is 3. The lowest BCUT2D eigenvalue weighted by atomic mass is 10.0. The largest absolute Gasteiger partial charge is 0.472 e. The van der Waals surface area contributed by atoms with Gasteiger partial charge in [-0.3, -0.25) is 23.4 Å². The molecule has 0 heterocycles. The number of phosphoric acid groups is 1. The van der Waals surface area contributed by atoms with E-state index in [1.54, 1.807) is 0 Å². The van der Waals surface area contributed by atoms with Gasteiger partial charge in [-0.15, -0.1) is 0 Å². The van der Waals surface area contributed by atoms with Gasteiger partial charge in [0.05, 0.1) is 19.8 Å². The SMILES string of the molecule is CCCCC/C=C\C/C=C\C/C=C\CCCCCCCCC(=O)OC(COC(=O)CCCCCCCCCCCCCCCCC)COP(=O)(O)OCC(CO)OC(=O)CCCCCCCCCCCCCCCCCCC. The summed E-state index contributed by atoms with van der Waals surface area (Å²) in [6.07, 6.45) is 65.2. The van der Waals surface area contributed by atoms with E-state index in [1.165, 1.54) is 180 Å². The Morgan fingerprint density at radius 3 is 0.987 bits per heavy atom. The maximum Gasteiger partial charge on any atom is 0.472 e. The minimum absolute atomic E-state index is 0.158. The van der Waals surface area contributed by atoms with Gasteiger partial charge in [-0.25, -0.2) is 4.57 Å². The van der Waals surface area contributed by atoms with Crippen LogP contribution in [0.4, 0.5) is 0 Å². The first-order valence-corrected chi connectivity index (χ1v) is 34.4. The molecule has 0 aromatic heterocycles. The van der Waals surface area contributed by atoms with Gasteiger partial charge < -0.3 is 24.2 Å². The van der Waals surface area contributed by atoms with Gasteiger partial charge in [0.1, 0.15) is 12.7 Å². The number of aliphatic hydroxyl groups excluding tert-OH is 1. The van der Waals surface area contributed by atoms with Crippen molar-refractivity contribution in [2.24, 2.45) is 0 Å². The van der Waals surface area contributed by atoms with E-state index in [0.29, 0.717) is 19.3 Å². The molecular formula is C66H123O11P. The first-order chi connectivity index (χ1) is 38.2. The Hall–Kier alpha value is -2.30. The summed E-state index contributed by atoms with van der Waals surface area (Å²) in [5.41, 5.74) is 0. The fourth-order valence-corrected chi connectivity index (χ4v) is 10.3. The van der Waals surface area contributed by atoms with Crippen molar-refractivity contribution in [3.8, 4) is 0 Å². The van der Waals surface area contributed by atoms with Gasteiger partial charge in [-0.1, -0.05) is 288 Å². The van der Waals surface area contributed by atoms with Crippen LogP contribution in [0, 0.1) is 0 Å². The lowest BCUT2D eigenvalue weighted by Crippen LogP contribution is -2.30. The van der Waals surface area contributed by atoms with Gasteiger partial charge in [-0.05, 0) is 57.8 Å². The standard InChI is InChI=1S/C66H123O11P/c1-4-7-10-13-16-19-22-25-28-30-31-33-36-39-42-45-48-51-54-57-66(70)77-63(59-73-64(68)55-52-49-46-43-40-37-34-27-24-21-18-15-12-9-6-3)61-75-78(71,72)74-60-62(58-67)76-65(69)56-53-50-47-44-41-38-35-32-29-26-23-20-17-14-11-8-5-2/h16,19,25,28,31,33,62-63,67H,4-15,17-18,20-24,26-27,29-30,32,34-61H2,1-3H3,(H,71,72)/b19-16-,28-25-,33-31-. The van der Waals surface area contributed by atoms with Gasteiger partial charge in [0.2, 0.25) is 0 Å². The zero-order valence-corrected chi connectivity index (χ0v) is 51.8. The number of ether oxygens (including phenoxy) is 3. The predicted molar refractivity (Wildman–Crippen MR) is 326 cm³/mol. The summed E-state index contributed by atoms with van der Waals surface area (Å²) in [5, 5.41) is 9.86. The average molecular weight is 1120 g/mol. The van der Waals surface area contributed by atoms with Crippen LogP contribution < -0.4 is 0 Å². The third kappa shape index (κ3) is 58.4. The molecule has 0 fully saturated rings. The van der Waals surface area contributed by atoms with Crippen molar-refractivity contribution in [1.29, 1.82) is 0 Å². The first kappa shape index (κ1) is 75.7. The van der Waals surface area contributed by atoms with Crippen LogP contribution in [-0.2, 0) is 42.2 Å². The molecule has 458 valence electrons. The predicted octanol–water partition coefficient (Wildman–Crippen LogP) is 19.9. The highest BCUT2D eigenvalue weighted by molar-refractivity contribution is 7.47. The third-order valence-electron chi connectivity index (χ3n) is 14.6. The van der Waals surface area contributed by atoms with Gasteiger partial charge >= 0.3 is 25.7 Å². The van der Waals surface area contributed by atoms with Crippen LogP contribution in [-0.4, -0.2) is 66.5 Å². The van der Waals surface area contributed by atoms with Crippen molar-refractivity contribution >= 4 is 25.7 Å². The van der Waals surface area contributed by atoms with Crippen LogP contribution in [0.3, 0.4) is 0 Å². The van der Waals surface area contributed by atoms with Gasteiger partial charge in [0, 0.05) is 19.3 Å². The average Bonchev–Trinajstić information content (AvgIpc) is 3.43. The fraction of sp³-hybridized carbons (Fsp3) is 0.864. The molecule has 0 aromatic carbocycles. The maximum atomic E-state index is 13.0. The van der Waals surface area contributed by atoms with Crippen molar-refractivity contribution in [3.05, 3.63) is 36.5 Å². The Morgan fingerprint density at radius 1 is 0.359 bits per heavy atom. The van der Waals surface area contributed by atoms with E-state index in [2.05, 4.69) is 57.2 Å². The normalized spacial score (nSPS) is 13.4. The van der Waals surface area contributed by atoms with Gasteiger partial charge in [0.15, 0.2) is 6.10 Å². The number of carbonyl (C=O) groups is 3. The number of unbranched alkanes of at least 4 members (excludes halogenated alkanes) is 39. The molecule has 12 heteroatoms. The molecule has 0 saturated heterocycles. The monoisotopic (exact) mass is 1120 g/mol. The fourth-order valence-electron chi connectivity index (χ4n) is 9.54. The van der Waals surface area contributed by atoms with Crippen LogP contribution >= 0.6 is 7.82 Å². The van der Waals surface area contributed by atoms with E-state index in [4.69, 9.17) is 23.3 Å². The summed E-state index contributed by atoms with van der Waals surface area (Å²) in [6, 6.07) is 0. The van der Waals surface area contributed by atoms with Crippen molar-refractivity contribution in [2.75, 3.05) is 26.4 Å². The van der Waals surface area contributed by atoms with Crippen LogP contribution in [0.1, 0.15) is 329 Å². The summed E-state index contributed by atoms with van der Waals surface area (Å²) in [7, 11) is -4.75. The molecule has 3 atom stereocenters. The molecule has 0 aliphatic carbocycles. The van der Waals surface area contributed by atoms with Crippen molar-refractivity contribution in [1.82, 2.24) is 0 Å². The number of allylic oxidation sites excluding steroid dienone is 6. The topological polar surface area (TPSA) is 155 Å². The third-order valence-corrected chi connectivity index (χ3v) is 15.5. The Bertz CT molecular complexity index is 1450. The minimum atomic E-state index is -4.75. The Labute approximate surface area is 480 Å². The Kier molecular flexibility index (Phi) is 59.0. The molecule has 3 unspecified atom stereocenters. The highest BCUT2D eigenvalue weighted by Crippen LogP contribution is 2.43. The highest BCUT2D eigenvalue weighted by atomic mass is 31.2. The minimum Gasteiger partial charge on any atom is -0.462 e. The summed E-state index contributed by atoms with van der Waals surface area (Å²) in [5.74, 6) is -1.45. The van der Waals surface area contributed by atoms with Crippen LogP contribution in [0.15, 0.2) is 36.5 Å². The molecule has 0 aromatic rings. The van der Waals surface area contributed by atoms with Crippen LogP contribution in [0.2, 0.25) is 0 Å². The zero-order valence-electron chi connectivity index (χ0n) is 50.9. The second-order valence-corrected chi connectivity index (χ2v) is 23.8. The molecule has 0 saturated carbocycles. The van der Waals surface area contributed by atoms with E-state index in [0.717, 1.165) is 89.9 Å². The molecule has 78 heavy (non-hydrogen) atoms.